The first-order chi connectivity index (χ1) is 10.6. The monoisotopic (exact) mass is 360 g/mol. The number of amides is 1. The van der Waals surface area contributed by atoms with Gasteiger partial charge in [0.15, 0.2) is 9.84 Å². The zero-order chi connectivity index (χ0) is 15.8. The Hall–Kier alpha value is -1.11. The van der Waals surface area contributed by atoms with Gasteiger partial charge in [0.25, 0.3) is 0 Å². The molecule has 0 atom stereocenters. The Morgan fingerprint density at radius 1 is 1.17 bits per heavy atom. The molecule has 2 rings (SSSR count). The number of sulfone groups is 1. The molecule has 0 radical (unpaired) electrons. The summed E-state index contributed by atoms with van der Waals surface area (Å²) in [6.07, 6.45) is 3.61. The molecule has 0 bridgehead atoms. The number of benzene rings is 1. The summed E-state index contributed by atoms with van der Waals surface area (Å²) in [5, 5.41) is 6.02. The number of hydrogen-bond donors (Lipinski definition) is 2. The summed E-state index contributed by atoms with van der Waals surface area (Å²) in [4.78, 5) is 12.1. The average Bonchev–Trinajstić information content (AvgIpc) is 2.54. The van der Waals surface area contributed by atoms with Crippen LogP contribution in [0.4, 0.5) is 0 Å². The normalized spacial score (nSPS) is 15.7. The fourth-order valence-electron chi connectivity index (χ4n) is 2.66. The lowest BCUT2D eigenvalue weighted by Gasteiger charge is -2.22. The summed E-state index contributed by atoms with van der Waals surface area (Å²) in [5.74, 6) is 0.498. The van der Waals surface area contributed by atoms with Crippen LogP contribution in [-0.4, -0.2) is 39.7 Å². The lowest BCUT2D eigenvalue weighted by Crippen LogP contribution is -2.31. The molecule has 1 aliphatic heterocycles. The molecule has 1 saturated heterocycles. The van der Waals surface area contributed by atoms with Crippen molar-refractivity contribution in [3.63, 3.8) is 0 Å². The van der Waals surface area contributed by atoms with Crippen LogP contribution >= 0.6 is 12.4 Å². The zero-order valence-corrected chi connectivity index (χ0v) is 14.8. The molecule has 0 unspecified atom stereocenters. The second-order valence-corrected chi connectivity index (χ2v) is 7.82. The summed E-state index contributed by atoms with van der Waals surface area (Å²) in [5.41, 5.74) is 0. The quantitative estimate of drug-likeness (QED) is 0.777. The van der Waals surface area contributed by atoms with Gasteiger partial charge in [0, 0.05) is 13.0 Å². The van der Waals surface area contributed by atoms with E-state index >= 15 is 0 Å². The van der Waals surface area contributed by atoms with E-state index in [2.05, 4.69) is 10.6 Å². The van der Waals surface area contributed by atoms with Gasteiger partial charge >= 0.3 is 0 Å². The fraction of sp³-hybridized carbons (Fsp3) is 0.562. The van der Waals surface area contributed by atoms with E-state index in [-0.39, 0.29) is 30.6 Å². The second-order valence-electron chi connectivity index (χ2n) is 5.71. The summed E-state index contributed by atoms with van der Waals surface area (Å²) in [6, 6.07) is 8.33. The summed E-state index contributed by atoms with van der Waals surface area (Å²) >= 11 is 0. The van der Waals surface area contributed by atoms with Gasteiger partial charge < -0.3 is 10.6 Å². The maximum atomic E-state index is 12.1. The highest BCUT2D eigenvalue weighted by Crippen LogP contribution is 2.17. The van der Waals surface area contributed by atoms with E-state index in [1.54, 1.807) is 30.3 Å². The van der Waals surface area contributed by atoms with Gasteiger partial charge in [-0.3, -0.25) is 4.79 Å². The summed E-state index contributed by atoms with van der Waals surface area (Å²) < 4.78 is 24.1. The van der Waals surface area contributed by atoms with Gasteiger partial charge in [-0.1, -0.05) is 18.2 Å². The largest absolute Gasteiger partial charge is 0.355 e. The van der Waals surface area contributed by atoms with Gasteiger partial charge in [-0.2, -0.15) is 0 Å². The third-order valence-corrected chi connectivity index (χ3v) is 5.77. The highest BCUT2D eigenvalue weighted by atomic mass is 35.5. The Kier molecular flexibility index (Phi) is 8.58. The van der Waals surface area contributed by atoms with Crippen molar-refractivity contribution < 1.29 is 13.2 Å². The van der Waals surface area contributed by atoms with Gasteiger partial charge in [0.05, 0.1) is 10.6 Å². The van der Waals surface area contributed by atoms with Crippen LogP contribution in [0.2, 0.25) is 0 Å². The van der Waals surface area contributed by atoms with Crippen LogP contribution in [0.15, 0.2) is 35.2 Å². The van der Waals surface area contributed by atoms with Crippen molar-refractivity contribution in [2.24, 2.45) is 5.92 Å². The number of piperidine rings is 1. The molecule has 0 aliphatic carbocycles. The molecule has 1 amide bonds. The number of nitrogens with one attached hydrogen (secondary N) is 2. The Labute approximate surface area is 144 Å². The Morgan fingerprint density at radius 2 is 1.83 bits per heavy atom. The van der Waals surface area contributed by atoms with E-state index < -0.39 is 9.84 Å². The predicted octanol–water partition coefficient (Wildman–Crippen LogP) is 1.78. The van der Waals surface area contributed by atoms with Gasteiger partial charge in [0.2, 0.25) is 5.91 Å². The SMILES string of the molecule is Cl.O=C(CCC1CCNCC1)NCCS(=O)(=O)c1ccccc1. The maximum Gasteiger partial charge on any atom is 0.220 e. The van der Waals surface area contributed by atoms with Crippen molar-refractivity contribution in [3.05, 3.63) is 30.3 Å². The molecule has 0 spiro atoms. The van der Waals surface area contributed by atoms with Gasteiger partial charge in [-0.15, -0.1) is 12.4 Å². The Balaban J connectivity index is 0.00000264. The lowest BCUT2D eigenvalue weighted by atomic mass is 9.93. The molecule has 0 aromatic heterocycles. The standard InChI is InChI=1S/C16H24N2O3S.ClH/c19-16(7-6-14-8-10-17-11-9-14)18-12-13-22(20,21)15-4-2-1-3-5-15;/h1-5,14,17H,6-13H2,(H,18,19);1H. The topological polar surface area (TPSA) is 75.3 Å². The van der Waals surface area contributed by atoms with Crippen molar-refractivity contribution >= 4 is 28.2 Å². The smallest absolute Gasteiger partial charge is 0.220 e. The van der Waals surface area contributed by atoms with Crippen LogP contribution in [0.3, 0.4) is 0 Å². The number of carbonyl (C=O) groups excluding carboxylic acids is 1. The number of hydrogen-bond acceptors (Lipinski definition) is 4. The second kappa shape index (κ2) is 9.90. The highest BCUT2D eigenvalue weighted by Gasteiger charge is 2.16. The molecule has 1 heterocycles. The van der Waals surface area contributed by atoms with Gasteiger partial charge in [-0.25, -0.2) is 8.42 Å². The predicted molar refractivity (Wildman–Crippen MR) is 93.6 cm³/mol. The molecule has 23 heavy (non-hydrogen) atoms. The van der Waals surface area contributed by atoms with Crippen molar-refractivity contribution in [3.8, 4) is 0 Å². The van der Waals surface area contributed by atoms with E-state index in [0.29, 0.717) is 17.2 Å². The molecule has 2 N–H and O–H groups in total. The van der Waals surface area contributed by atoms with E-state index in [0.717, 1.165) is 32.4 Å². The first kappa shape index (κ1) is 19.9. The van der Waals surface area contributed by atoms with Crippen molar-refractivity contribution in [2.45, 2.75) is 30.6 Å². The Bertz CT molecular complexity index is 572. The van der Waals surface area contributed by atoms with Crippen LogP contribution in [0.25, 0.3) is 0 Å². The molecule has 5 nitrogen and oxygen atoms in total. The minimum absolute atomic E-state index is 0. The van der Waals surface area contributed by atoms with Crippen LogP contribution in [0, 0.1) is 5.92 Å². The Morgan fingerprint density at radius 3 is 2.48 bits per heavy atom. The number of rotatable bonds is 7. The molecule has 1 aromatic carbocycles. The van der Waals surface area contributed by atoms with Crippen LogP contribution in [-0.2, 0) is 14.6 Å². The summed E-state index contributed by atoms with van der Waals surface area (Å²) in [6.45, 7) is 2.23. The fourth-order valence-corrected chi connectivity index (χ4v) is 3.84. The minimum atomic E-state index is -3.31. The van der Waals surface area contributed by atoms with Crippen molar-refractivity contribution in [1.82, 2.24) is 10.6 Å². The lowest BCUT2D eigenvalue weighted by molar-refractivity contribution is -0.121. The van der Waals surface area contributed by atoms with Gasteiger partial charge in [-0.05, 0) is 50.4 Å². The average molecular weight is 361 g/mol. The molecular formula is C16H25ClN2O3S. The van der Waals surface area contributed by atoms with E-state index in [1.165, 1.54) is 0 Å². The maximum absolute atomic E-state index is 12.1. The summed E-state index contributed by atoms with van der Waals surface area (Å²) in [7, 11) is -3.31. The number of carbonyl (C=O) groups is 1. The van der Waals surface area contributed by atoms with E-state index in [4.69, 9.17) is 0 Å². The molecule has 0 saturated carbocycles. The van der Waals surface area contributed by atoms with E-state index in [9.17, 15) is 13.2 Å². The first-order valence-electron chi connectivity index (χ1n) is 7.83. The molecule has 7 heteroatoms. The van der Waals surface area contributed by atoms with Crippen molar-refractivity contribution in [1.29, 1.82) is 0 Å². The third kappa shape index (κ3) is 6.89. The molecule has 1 aromatic rings. The third-order valence-electron chi connectivity index (χ3n) is 4.03. The first-order valence-corrected chi connectivity index (χ1v) is 9.48. The molecular weight excluding hydrogens is 336 g/mol. The highest BCUT2D eigenvalue weighted by molar-refractivity contribution is 7.91. The number of halogens is 1. The van der Waals surface area contributed by atoms with Gasteiger partial charge in [0.1, 0.15) is 0 Å². The van der Waals surface area contributed by atoms with Crippen LogP contribution in [0.1, 0.15) is 25.7 Å². The minimum Gasteiger partial charge on any atom is -0.355 e. The molecule has 130 valence electrons. The zero-order valence-electron chi connectivity index (χ0n) is 13.2. The molecule has 1 aliphatic rings. The van der Waals surface area contributed by atoms with Crippen molar-refractivity contribution in [2.75, 3.05) is 25.4 Å². The van der Waals surface area contributed by atoms with Crippen LogP contribution in [0.5, 0.6) is 0 Å². The molecule has 1 fully saturated rings. The van der Waals surface area contributed by atoms with E-state index in [1.807, 2.05) is 0 Å². The van der Waals surface area contributed by atoms with Crippen LogP contribution < -0.4 is 10.6 Å².